The van der Waals surface area contributed by atoms with Crippen LogP contribution in [0.15, 0.2) is 42.7 Å². The second-order valence-electron chi connectivity index (χ2n) is 5.66. The van der Waals surface area contributed by atoms with E-state index in [2.05, 4.69) is 20.4 Å². The molecule has 1 atom stereocenters. The Morgan fingerprint density at radius 1 is 1.21 bits per heavy atom. The van der Waals surface area contributed by atoms with Gasteiger partial charge in [-0.15, -0.1) is 0 Å². The molecule has 6 nitrogen and oxygen atoms in total. The van der Waals surface area contributed by atoms with E-state index < -0.39 is 0 Å². The number of fused-ring (bicyclic) bond motifs is 1. The predicted octanol–water partition coefficient (Wildman–Crippen LogP) is 3.10. The van der Waals surface area contributed by atoms with E-state index in [-0.39, 0.29) is 11.8 Å². The van der Waals surface area contributed by atoms with Crippen molar-refractivity contribution in [2.75, 3.05) is 5.32 Å². The van der Waals surface area contributed by atoms with Crippen molar-refractivity contribution in [2.45, 2.75) is 19.3 Å². The summed E-state index contributed by atoms with van der Waals surface area (Å²) >= 11 is 5.98. The lowest BCUT2D eigenvalue weighted by Gasteiger charge is -2.24. The monoisotopic (exact) mass is 339 g/mol. The van der Waals surface area contributed by atoms with Gasteiger partial charge < -0.3 is 5.32 Å². The Balaban J connectivity index is 1.87. The van der Waals surface area contributed by atoms with Gasteiger partial charge >= 0.3 is 0 Å². The molecule has 2 aromatic heterocycles. The van der Waals surface area contributed by atoms with Crippen LogP contribution in [0.4, 0.5) is 5.82 Å². The average Bonchev–Trinajstić information content (AvgIpc) is 2.92. The molecule has 0 radical (unpaired) electrons. The zero-order chi connectivity index (χ0) is 16.7. The predicted molar refractivity (Wildman–Crippen MR) is 90.4 cm³/mol. The second-order valence-corrected chi connectivity index (χ2v) is 6.10. The molecule has 0 unspecified atom stereocenters. The molecule has 1 aliphatic rings. The fourth-order valence-electron chi connectivity index (χ4n) is 3.07. The zero-order valence-electron chi connectivity index (χ0n) is 12.9. The van der Waals surface area contributed by atoms with Gasteiger partial charge in [-0.25, -0.2) is 9.97 Å². The summed E-state index contributed by atoms with van der Waals surface area (Å²) in [5.41, 5.74) is 2.87. The summed E-state index contributed by atoms with van der Waals surface area (Å²) in [5, 5.41) is 8.13. The average molecular weight is 340 g/mol. The Bertz CT molecular complexity index is 905. The van der Waals surface area contributed by atoms with Gasteiger partial charge in [-0.05, 0) is 30.7 Å². The van der Waals surface area contributed by atoms with Crippen molar-refractivity contribution in [3.05, 3.63) is 64.6 Å². The number of amides is 1. The highest BCUT2D eigenvalue weighted by atomic mass is 35.5. The standard InChI is InChI=1S/C17H14ClN5O/c1-10-15-13(11-3-5-12(18)6-4-11)9-14(24)21-16(15)23(22-10)17-19-7-2-8-20-17/h2-8,13H,9H2,1H3,(H,21,24)/t13-/m1/s1. The van der Waals surface area contributed by atoms with Crippen LogP contribution < -0.4 is 5.32 Å². The number of carbonyl (C=O) groups is 1. The fraction of sp³-hybridized carbons (Fsp3) is 0.176. The summed E-state index contributed by atoms with van der Waals surface area (Å²) in [6.07, 6.45) is 3.66. The van der Waals surface area contributed by atoms with E-state index in [0.29, 0.717) is 23.2 Å². The fourth-order valence-corrected chi connectivity index (χ4v) is 3.20. The Morgan fingerprint density at radius 3 is 2.62 bits per heavy atom. The van der Waals surface area contributed by atoms with Gasteiger partial charge in [0, 0.05) is 35.3 Å². The highest BCUT2D eigenvalue weighted by molar-refractivity contribution is 6.30. The van der Waals surface area contributed by atoms with E-state index in [0.717, 1.165) is 16.8 Å². The van der Waals surface area contributed by atoms with Gasteiger partial charge in [0.2, 0.25) is 5.91 Å². The highest BCUT2D eigenvalue weighted by Crippen LogP contribution is 2.39. The SMILES string of the molecule is Cc1nn(-c2ncccn2)c2c1[C@@H](c1ccc(Cl)cc1)CC(=O)N2. The van der Waals surface area contributed by atoms with Crippen molar-refractivity contribution in [1.29, 1.82) is 0 Å². The number of aromatic nitrogens is 4. The molecule has 1 aromatic carbocycles. The maximum Gasteiger partial charge on any atom is 0.252 e. The molecular weight excluding hydrogens is 326 g/mol. The molecule has 24 heavy (non-hydrogen) atoms. The van der Waals surface area contributed by atoms with Crippen LogP contribution >= 0.6 is 11.6 Å². The quantitative estimate of drug-likeness (QED) is 0.778. The summed E-state index contributed by atoms with van der Waals surface area (Å²) in [6, 6.07) is 9.31. The minimum absolute atomic E-state index is 0.0560. The van der Waals surface area contributed by atoms with Gasteiger partial charge in [0.1, 0.15) is 5.82 Å². The number of nitrogens with one attached hydrogen (secondary N) is 1. The Morgan fingerprint density at radius 2 is 1.92 bits per heavy atom. The molecule has 0 bridgehead atoms. The number of halogens is 1. The molecule has 1 aliphatic heterocycles. The van der Waals surface area contributed by atoms with Crippen molar-refractivity contribution >= 4 is 23.3 Å². The van der Waals surface area contributed by atoms with Crippen molar-refractivity contribution < 1.29 is 4.79 Å². The van der Waals surface area contributed by atoms with Crippen molar-refractivity contribution in [3.63, 3.8) is 0 Å². The number of rotatable bonds is 2. The first-order chi connectivity index (χ1) is 11.6. The second kappa shape index (κ2) is 5.72. The molecule has 0 spiro atoms. The summed E-state index contributed by atoms with van der Waals surface area (Å²) in [7, 11) is 0. The van der Waals surface area contributed by atoms with E-state index in [1.165, 1.54) is 0 Å². The molecule has 120 valence electrons. The number of hydrogen-bond donors (Lipinski definition) is 1. The molecule has 4 rings (SSSR count). The van der Waals surface area contributed by atoms with E-state index >= 15 is 0 Å². The van der Waals surface area contributed by atoms with E-state index in [1.807, 2.05) is 31.2 Å². The van der Waals surface area contributed by atoms with Gasteiger partial charge in [-0.3, -0.25) is 4.79 Å². The van der Waals surface area contributed by atoms with Crippen LogP contribution in [0.5, 0.6) is 0 Å². The summed E-state index contributed by atoms with van der Waals surface area (Å²) in [4.78, 5) is 20.7. The van der Waals surface area contributed by atoms with E-state index in [1.54, 1.807) is 23.1 Å². The van der Waals surface area contributed by atoms with Crippen LogP contribution in [0.25, 0.3) is 5.95 Å². The van der Waals surface area contributed by atoms with Crippen LogP contribution in [-0.4, -0.2) is 25.7 Å². The third-order valence-corrected chi connectivity index (χ3v) is 4.37. The van der Waals surface area contributed by atoms with Crippen LogP contribution in [0.3, 0.4) is 0 Å². The Hall–Kier alpha value is -2.73. The first-order valence-corrected chi connectivity index (χ1v) is 7.93. The van der Waals surface area contributed by atoms with Crippen LogP contribution in [0.2, 0.25) is 5.02 Å². The van der Waals surface area contributed by atoms with Crippen molar-refractivity contribution in [2.24, 2.45) is 0 Å². The molecule has 0 saturated carbocycles. The summed E-state index contributed by atoms with van der Waals surface area (Å²) in [5.74, 6) is 0.941. The van der Waals surface area contributed by atoms with Gasteiger partial charge in [-0.1, -0.05) is 23.7 Å². The molecule has 1 N–H and O–H groups in total. The highest BCUT2D eigenvalue weighted by Gasteiger charge is 2.33. The van der Waals surface area contributed by atoms with Crippen LogP contribution in [-0.2, 0) is 4.79 Å². The van der Waals surface area contributed by atoms with Gasteiger partial charge in [-0.2, -0.15) is 9.78 Å². The number of benzene rings is 1. The first-order valence-electron chi connectivity index (χ1n) is 7.55. The topological polar surface area (TPSA) is 72.7 Å². The minimum atomic E-state index is -0.0662. The molecule has 3 aromatic rings. The number of nitrogens with zero attached hydrogens (tertiary/aromatic N) is 4. The number of aryl methyl sites for hydroxylation is 1. The lowest BCUT2D eigenvalue weighted by Crippen LogP contribution is -2.25. The molecule has 0 saturated heterocycles. The van der Waals surface area contributed by atoms with E-state index in [4.69, 9.17) is 11.6 Å². The smallest absolute Gasteiger partial charge is 0.252 e. The maximum atomic E-state index is 12.3. The third-order valence-electron chi connectivity index (χ3n) is 4.12. The van der Waals surface area contributed by atoms with E-state index in [9.17, 15) is 4.79 Å². The minimum Gasteiger partial charge on any atom is -0.310 e. The van der Waals surface area contributed by atoms with Crippen molar-refractivity contribution in [3.8, 4) is 5.95 Å². The lowest BCUT2D eigenvalue weighted by atomic mass is 9.86. The Labute approximate surface area is 143 Å². The lowest BCUT2D eigenvalue weighted by molar-refractivity contribution is -0.116. The number of carbonyl (C=O) groups excluding carboxylic acids is 1. The van der Waals surface area contributed by atoms with Gasteiger partial charge in [0.25, 0.3) is 5.95 Å². The normalized spacial score (nSPS) is 16.6. The van der Waals surface area contributed by atoms with Crippen molar-refractivity contribution in [1.82, 2.24) is 19.7 Å². The summed E-state index contributed by atoms with van der Waals surface area (Å²) in [6.45, 7) is 1.93. The largest absolute Gasteiger partial charge is 0.310 e. The van der Waals surface area contributed by atoms with Gasteiger partial charge in [0.15, 0.2) is 0 Å². The number of anilines is 1. The molecule has 0 aliphatic carbocycles. The molecule has 0 fully saturated rings. The number of hydrogen-bond acceptors (Lipinski definition) is 4. The zero-order valence-corrected chi connectivity index (χ0v) is 13.7. The molecule has 3 heterocycles. The third kappa shape index (κ3) is 2.45. The Kier molecular flexibility index (Phi) is 3.54. The molecule has 7 heteroatoms. The molecular formula is C17H14ClN5O. The first kappa shape index (κ1) is 14.8. The van der Waals surface area contributed by atoms with Crippen LogP contribution in [0.1, 0.15) is 29.2 Å². The molecule has 1 amide bonds. The summed E-state index contributed by atoms with van der Waals surface area (Å²) < 4.78 is 1.59. The van der Waals surface area contributed by atoms with Gasteiger partial charge in [0.05, 0.1) is 5.69 Å². The maximum absolute atomic E-state index is 12.3. The van der Waals surface area contributed by atoms with Crippen LogP contribution in [0, 0.1) is 6.92 Å².